The second-order valence-electron chi connectivity index (χ2n) is 7.10. The third-order valence-corrected chi connectivity index (χ3v) is 5.38. The van der Waals surface area contributed by atoms with Gasteiger partial charge in [-0.3, -0.25) is 4.79 Å². The fraction of sp³-hybridized carbons (Fsp3) is 0.611. The molecule has 2 unspecified atom stereocenters. The van der Waals surface area contributed by atoms with Crippen LogP contribution >= 0.6 is 0 Å². The van der Waals surface area contributed by atoms with Crippen LogP contribution in [-0.4, -0.2) is 35.6 Å². The summed E-state index contributed by atoms with van der Waals surface area (Å²) in [6.45, 7) is 0.459. The van der Waals surface area contributed by atoms with Crippen molar-refractivity contribution >= 4 is 5.91 Å². The van der Waals surface area contributed by atoms with E-state index >= 15 is 0 Å². The predicted octanol–water partition coefficient (Wildman–Crippen LogP) is 3.36. The van der Waals surface area contributed by atoms with E-state index in [0.29, 0.717) is 24.9 Å². The fourth-order valence-corrected chi connectivity index (χ4v) is 3.77. The number of nitrogens with zero attached hydrogens (tertiary/aromatic N) is 1. The molecule has 24 heavy (non-hydrogen) atoms. The smallest absolute Gasteiger partial charge is 0.393 e. The molecule has 2 aliphatic rings. The predicted molar refractivity (Wildman–Crippen MR) is 83.3 cm³/mol. The number of carbonyl (C=O) groups excluding carboxylic acids is 1. The SMILES string of the molecule is CN(CC1CCCC1O)C(=O)C1(c2cccc(C(F)(F)F)c2)CC1. The molecule has 2 aliphatic carbocycles. The van der Waals surface area contributed by atoms with Gasteiger partial charge in [0.05, 0.1) is 17.1 Å². The number of halogens is 3. The Labute approximate surface area is 139 Å². The zero-order valence-corrected chi connectivity index (χ0v) is 13.6. The molecule has 1 amide bonds. The summed E-state index contributed by atoms with van der Waals surface area (Å²) in [5, 5.41) is 9.92. The molecule has 132 valence electrons. The Kier molecular flexibility index (Phi) is 4.36. The van der Waals surface area contributed by atoms with Crippen LogP contribution in [0.15, 0.2) is 24.3 Å². The maximum absolute atomic E-state index is 12.9. The Morgan fingerprint density at radius 3 is 2.58 bits per heavy atom. The molecule has 1 aromatic rings. The van der Waals surface area contributed by atoms with E-state index < -0.39 is 17.2 Å². The first-order chi connectivity index (χ1) is 11.2. The lowest BCUT2D eigenvalue weighted by molar-refractivity contribution is -0.138. The van der Waals surface area contributed by atoms with Crippen LogP contribution in [0.25, 0.3) is 0 Å². The van der Waals surface area contributed by atoms with Gasteiger partial charge in [0.25, 0.3) is 0 Å². The van der Waals surface area contributed by atoms with Gasteiger partial charge in [0, 0.05) is 19.5 Å². The van der Waals surface area contributed by atoms with Crippen molar-refractivity contribution in [2.24, 2.45) is 5.92 Å². The summed E-state index contributed by atoms with van der Waals surface area (Å²) in [6.07, 6.45) is -1.05. The molecule has 3 rings (SSSR count). The Morgan fingerprint density at radius 1 is 1.33 bits per heavy atom. The van der Waals surface area contributed by atoms with E-state index in [1.165, 1.54) is 6.07 Å². The van der Waals surface area contributed by atoms with Gasteiger partial charge in [-0.05, 0) is 37.3 Å². The van der Waals surface area contributed by atoms with Gasteiger partial charge in [0.15, 0.2) is 0 Å². The fourth-order valence-electron chi connectivity index (χ4n) is 3.77. The minimum atomic E-state index is -4.41. The van der Waals surface area contributed by atoms with Gasteiger partial charge >= 0.3 is 6.18 Å². The second kappa shape index (κ2) is 6.06. The highest BCUT2D eigenvalue weighted by Crippen LogP contribution is 2.50. The zero-order chi connectivity index (χ0) is 17.5. The quantitative estimate of drug-likeness (QED) is 0.912. The molecule has 0 spiro atoms. The van der Waals surface area contributed by atoms with Crippen LogP contribution in [0, 0.1) is 5.92 Å². The van der Waals surface area contributed by atoms with E-state index in [1.54, 1.807) is 18.0 Å². The van der Waals surface area contributed by atoms with Gasteiger partial charge in [-0.25, -0.2) is 0 Å². The minimum Gasteiger partial charge on any atom is -0.393 e. The Morgan fingerprint density at radius 2 is 2.04 bits per heavy atom. The number of likely N-dealkylation sites (N-methyl/N-ethyl adjacent to an activating group) is 1. The molecule has 2 saturated carbocycles. The van der Waals surface area contributed by atoms with Crippen molar-refractivity contribution in [2.45, 2.75) is 49.8 Å². The van der Waals surface area contributed by atoms with E-state index in [4.69, 9.17) is 0 Å². The molecular weight excluding hydrogens is 319 g/mol. The van der Waals surface area contributed by atoms with Gasteiger partial charge < -0.3 is 10.0 Å². The maximum Gasteiger partial charge on any atom is 0.416 e. The van der Waals surface area contributed by atoms with Crippen LogP contribution in [0.2, 0.25) is 0 Å². The van der Waals surface area contributed by atoms with Crippen LogP contribution in [0.4, 0.5) is 13.2 Å². The average Bonchev–Trinajstić information content (AvgIpc) is 3.25. The molecule has 0 aromatic heterocycles. The van der Waals surface area contributed by atoms with E-state index in [9.17, 15) is 23.1 Å². The van der Waals surface area contributed by atoms with Gasteiger partial charge in [0.2, 0.25) is 5.91 Å². The van der Waals surface area contributed by atoms with Crippen molar-refractivity contribution in [1.29, 1.82) is 0 Å². The van der Waals surface area contributed by atoms with Crippen LogP contribution < -0.4 is 0 Å². The summed E-state index contributed by atoms with van der Waals surface area (Å²) in [6, 6.07) is 5.11. The lowest BCUT2D eigenvalue weighted by Gasteiger charge is -2.28. The molecule has 1 N–H and O–H groups in total. The lowest BCUT2D eigenvalue weighted by atomic mass is 9.92. The largest absolute Gasteiger partial charge is 0.416 e. The minimum absolute atomic E-state index is 0.0660. The van der Waals surface area contributed by atoms with Gasteiger partial charge in [-0.1, -0.05) is 24.6 Å². The van der Waals surface area contributed by atoms with Gasteiger partial charge in [-0.2, -0.15) is 13.2 Å². The van der Waals surface area contributed by atoms with Gasteiger partial charge in [-0.15, -0.1) is 0 Å². The van der Waals surface area contributed by atoms with E-state index in [0.717, 1.165) is 31.4 Å². The number of aliphatic hydroxyl groups is 1. The highest BCUT2D eigenvalue weighted by atomic mass is 19.4. The Hall–Kier alpha value is -1.56. The molecule has 1 aromatic carbocycles. The average molecular weight is 341 g/mol. The highest BCUT2D eigenvalue weighted by Gasteiger charge is 2.53. The third kappa shape index (κ3) is 3.16. The Bertz CT molecular complexity index is 625. The van der Waals surface area contributed by atoms with Crippen LogP contribution in [0.5, 0.6) is 0 Å². The van der Waals surface area contributed by atoms with Crippen molar-refractivity contribution in [3.8, 4) is 0 Å². The van der Waals surface area contributed by atoms with E-state index in [2.05, 4.69) is 0 Å². The topological polar surface area (TPSA) is 40.5 Å². The molecule has 0 heterocycles. The van der Waals surface area contributed by atoms with Crippen molar-refractivity contribution in [3.05, 3.63) is 35.4 Å². The zero-order valence-electron chi connectivity index (χ0n) is 13.6. The Balaban J connectivity index is 1.77. The standard InChI is InChI=1S/C18H22F3NO2/c1-22(11-12-4-2-7-15(12)23)16(24)17(8-9-17)13-5-3-6-14(10-13)18(19,20)21/h3,5-6,10,12,15,23H,2,4,7-9,11H2,1H3. The molecule has 0 saturated heterocycles. The number of benzene rings is 1. The van der Waals surface area contributed by atoms with E-state index in [1.807, 2.05) is 0 Å². The van der Waals surface area contributed by atoms with Crippen molar-refractivity contribution in [2.75, 3.05) is 13.6 Å². The molecule has 6 heteroatoms. The summed E-state index contributed by atoms with van der Waals surface area (Å²) < 4.78 is 38.8. The third-order valence-electron chi connectivity index (χ3n) is 5.38. The summed E-state index contributed by atoms with van der Waals surface area (Å²) in [5.74, 6) is -0.0721. The highest BCUT2D eigenvalue weighted by molar-refractivity contribution is 5.91. The van der Waals surface area contributed by atoms with Crippen molar-refractivity contribution in [1.82, 2.24) is 4.90 Å². The molecule has 0 radical (unpaired) electrons. The molecule has 0 bridgehead atoms. The number of rotatable bonds is 4. The number of aliphatic hydroxyl groups excluding tert-OH is 1. The van der Waals surface area contributed by atoms with Crippen molar-refractivity contribution in [3.63, 3.8) is 0 Å². The second-order valence-corrected chi connectivity index (χ2v) is 7.10. The molecule has 2 fully saturated rings. The lowest BCUT2D eigenvalue weighted by Crippen LogP contribution is -2.40. The number of hydrogen-bond acceptors (Lipinski definition) is 2. The van der Waals surface area contributed by atoms with E-state index in [-0.39, 0.29) is 17.9 Å². The molecular formula is C18H22F3NO2. The molecule has 0 aliphatic heterocycles. The summed E-state index contributed by atoms with van der Waals surface area (Å²) in [5.41, 5.74) is -1.09. The number of carbonyl (C=O) groups is 1. The van der Waals surface area contributed by atoms with Gasteiger partial charge in [0.1, 0.15) is 0 Å². The maximum atomic E-state index is 12.9. The molecule has 3 nitrogen and oxygen atoms in total. The summed E-state index contributed by atoms with van der Waals surface area (Å²) in [4.78, 5) is 14.4. The first-order valence-corrected chi connectivity index (χ1v) is 8.35. The van der Waals surface area contributed by atoms with Crippen molar-refractivity contribution < 1.29 is 23.1 Å². The molecule has 2 atom stereocenters. The van der Waals surface area contributed by atoms with Crippen LogP contribution in [0.1, 0.15) is 43.2 Å². The van der Waals surface area contributed by atoms with Crippen LogP contribution in [0.3, 0.4) is 0 Å². The number of hydrogen-bond donors (Lipinski definition) is 1. The summed E-state index contributed by atoms with van der Waals surface area (Å²) in [7, 11) is 1.68. The number of amides is 1. The normalized spacial score (nSPS) is 25.5. The monoisotopic (exact) mass is 341 g/mol. The first-order valence-electron chi connectivity index (χ1n) is 8.35. The first kappa shape index (κ1) is 17.3. The number of alkyl halides is 3. The summed E-state index contributed by atoms with van der Waals surface area (Å²) >= 11 is 0. The van der Waals surface area contributed by atoms with Crippen LogP contribution in [-0.2, 0) is 16.4 Å².